The maximum absolute atomic E-state index is 13.0. The number of thiocarbonyl (C=S) groups is 1. The number of hydrogen-bond acceptors (Lipinski definition) is 5. The molecule has 0 atom stereocenters. The predicted molar refractivity (Wildman–Crippen MR) is 120 cm³/mol. The van der Waals surface area contributed by atoms with Gasteiger partial charge in [0.2, 0.25) is 0 Å². The average molecular weight is 417 g/mol. The number of rotatable bonds is 3. The van der Waals surface area contributed by atoms with Crippen LogP contribution in [0.5, 0.6) is 0 Å². The van der Waals surface area contributed by atoms with Crippen molar-refractivity contribution < 1.29 is 9.21 Å². The summed E-state index contributed by atoms with van der Waals surface area (Å²) < 4.78 is 6.37. The molecule has 0 unspecified atom stereocenters. The number of carbonyl (C=O) groups is 1. The Balaban J connectivity index is 1.64. The maximum Gasteiger partial charge on any atom is 0.270 e. The van der Waals surface area contributed by atoms with Crippen LogP contribution in [-0.2, 0) is 4.79 Å². The van der Waals surface area contributed by atoms with Gasteiger partial charge < -0.3 is 4.42 Å². The molecule has 2 heterocycles. The molecule has 4 rings (SSSR count). The molecule has 1 amide bonds. The fourth-order valence-electron chi connectivity index (χ4n) is 3.05. The van der Waals surface area contributed by atoms with Crippen LogP contribution in [-0.4, -0.2) is 10.2 Å². The summed E-state index contributed by atoms with van der Waals surface area (Å²) in [6, 6.07) is 18.8. The quantitative estimate of drug-likeness (QED) is 0.396. The Hall–Kier alpha value is -3.14. The van der Waals surface area contributed by atoms with E-state index in [9.17, 15) is 10.1 Å². The molecule has 1 aliphatic heterocycles. The number of benzene rings is 2. The van der Waals surface area contributed by atoms with Gasteiger partial charge in [0.1, 0.15) is 11.5 Å². The fraction of sp³-hybridized carbons (Fsp3) is 0.0870. The number of nitrogens with zero attached hydrogens (tertiary/aromatic N) is 2. The van der Waals surface area contributed by atoms with E-state index in [2.05, 4.69) is 6.07 Å². The number of carbonyl (C=O) groups excluding carboxylic acids is 1. The Kier molecular flexibility index (Phi) is 5.10. The highest BCUT2D eigenvalue weighted by atomic mass is 32.2. The van der Waals surface area contributed by atoms with E-state index in [4.69, 9.17) is 16.6 Å². The smallest absolute Gasteiger partial charge is 0.270 e. The van der Waals surface area contributed by atoms with E-state index in [1.54, 1.807) is 29.2 Å². The van der Waals surface area contributed by atoms with Gasteiger partial charge >= 0.3 is 0 Å². The second kappa shape index (κ2) is 7.70. The molecule has 1 saturated heterocycles. The molecule has 1 aromatic heterocycles. The van der Waals surface area contributed by atoms with Crippen molar-refractivity contribution in [2.75, 3.05) is 4.90 Å². The third-order valence-electron chi connectivity index (χ3n) is 4.76. The first-order chi connectivity index (χ1) is 14.0. The molecule has 29 heavy (non-hydrogen) atoms. The van der Waals surface area contributed by atoms with Gasteiger partial charge in [-0.2, -0.15) is 5.26 Å². The van der Waals surface area contributed by atoms with Crippen LogP contribution in [0.4, 0.5) is 5.69 Å². The van der Waals surface area contributed by atoms with Crippen molar-refractivity contribution >= 4 is 46.0 Å². The van der Waals surface area contributed by atoms with Crippen molar-refractivity contribution in [1.29, 1.82) is 5.26 Å². The molecule has 1 fully saturated rings. The number of hydrogen-bond donors (Lipinski definition) is 0. The highest BCUT2D eigenvalue weighted by Gasteiger charge is 2.33. The summed E-state index contributed by atoms with van der Waals surface area (Å²) in [5.41, 5.74) is 4.29. The van der Waals surface area contributed by atoms with Crippen LogP contribution in [0.1, 0.15) is 22.5 Å². The van der Waals surface area contributed by atoms with Crippen molar-refractivity contribution in [3.63, 3.8) is 0 Å². The Morgan fingerprint density at radius 1 is 1.10 bits per heavy atom. The average Bonchev–Trinajstić information content (AvgIpc) is 3.29. The summed E-state index contributed by atoms with van der Waals surface area (Å²) >= 11 is 6.69. The van der Waals surface area contributed by atoms with Crippen molar-refractivity contribution in [3.8, 4) is 17.4 Å². The molecular formula is C23H16N2O2S2. The molecule has 0 bridgehead atoms. The first kappa shape index (κ1) is 19.2. The van der Waals surface area contributed by atoms with Crippen LogP contribution in [0.2, 0.25) is 0 Å². The lowest BCUT2D eigenvalue weighted by Crippen LogP contribution is -2.27. The zero-order chi connectivity index (χ0) is 20.5. The molecule has 0 aliphatic carbocycles. The second-order valence-electron chi connectivity index (χ2n) is 6.65. The molecule has 6 heteroatoms. The first-order valence-electron chi connectivity index (χ1n) is 8.92. The summed E-state index contributed by atoms with van der Waals surface area (Å²) in [4.78, 5) is 15.0. The molecule has 2 aromatic carbocycles. The zero-order valence-corrected chi connectivity index (χ0v) is 17.4. The summed E-state index contributed by atoms with van der Waals surface area (Å²) in [5.74, 6) is 0.949. The molecule has 0 radical (unpaired) electrons. The Labute approximate surface area is 178 Å². The minimum Gasteiger partial charge on any atom is -0.457 e. The fourth-order valence-corrected chi connectivity index (χ4v) is 4.33. The monoisotopic (exact) mass is 416 g/mol. The Morgan fingerprint density at radius 2 is 1.90 bits per heavy atom. The van der Waals surface area contributed by atoms with Gasteiger partial charge in [0.05, 0.1) is 22.2 Å². The summed E-state index contributed by atoms with van der Waals surface area (Å²) in [5, 5.41) is 9.28. The molecular weight excluding hydrogens is 400 g/mol. The minimum atomic E-state index is -0.168. The maximum atomic E-state index is 13.0. The normalized spacial score (nSPS) is 15.2. The van der Waals surface area contributed by atoms with E-state index in [-0.39, 0.29) is 5.91 Å². The molecule has 0 spiro atoms. The molecule has 0 saturated carbocycles. The van der Waals surface area contributed by atoms with Gasteiger partial charge in [0, 0.05) is 11.6 Å². The molecule has 0 N–H and O–H groups in total. The van der Waals surface area contributed by atoms with E-state index < -0.39 is 0 Å². The van der Waals surface area contributed by atoms with Crippen molar-refractivity contribution in [2.24, 2.45) is 0 Å². The molecule has 4 nitrogen and oxygen atoms in total. The topological polar surface area (TPSA) is 57.2 Å². The molecule has 3 aromatic rings. The van der Waals surface area contributed by atoms with Gasteiger partial charge in [-0.15, -0.1) is 0 Å². The summed E-state index contributed by atoms with van der Waals surface area (Å²) in [7, 11) is 0. The minimum absolute atomic E-state index is 0.168. The highest BCUT2D eigenvalue weighted by Crippen LogP contribution is 2.37. The van der Waals surface area contributed by atoms with Gasteiger partial charge in [-0.25, -0.2) is 0 Å². The van der Waals surface area contributed by atoms with Gasteiger partial charge in [-0.3, -0.25) is 9.69 Å². The van der Waals surface area contributed by atoms with E-state index in [1.807, 2.05) is 50.2 Å². The lowest BCUT2D eigenvalue weighted by Gasteiger charge is -2.15. The standard InChI is InChI=1S/C23H16N2O2S2/c1-14-7-8-17(11-15(14)2)25-22(26)21(29-23(25)28)12-18-9-10-20(27-18)19-6-4-3-5-16(19)13-24/h3-12H,1-2H3/b21-12+. The van der Waals surface area contributed by atoms with E-state index >= 15 is 0 Å². The third kappa shape index (κ3) is 3.63. The predicted octanol–water partition coefficient (Wildman–Crippen LogP) is 5.84. The second-order valence-corrected chi connectivity index (χ2v) is 8.32. The number of nitriles is 1. The highest BCUT2D eigenvalue weighted by molar-refractivity contribution is 8.27. The Morgan fingerprint density at radius 3 is 2.66 bits per heavy atom. The van der Waals surface area contributed by atoms with Crippen LogP contribution < -0.4 is 4.90 Å². The number of anilines is 1. The van der Waals surface area contributed by atoms with Crippen molar-refractivity contribution in [2.45, 2.75) is 13.8 Å². The van der Waals surface area contributed by atoms with E-state index in [0.717, 1.165) is 22.4 Å². The van der Waals surface area contributed by atoms with Crippen LogP contribution in [0, 0.1) is 25.2 Å². The zero-order valence-electron chi connectivity index (χ0n) is 15.8. The number of furan rings is 1. The first-order valence-corrected chi connectivity index (χ1v) is 10.1. The lowest BCUT2D eigenvalue weighted by molar-refractivity contribution is -0.113. The number of amides is 1. The van der Waals surface area contributed by atoms with Gasteiger partial charge in [-0.1, -0.05) is 42.2 Å². The third-order valence-corrected chi connectivity index (χ3v) is 6.06. The van der Waals surface area contributed by atoms with Crippen LogP contribution in [0.3, 0.4) is 0 Å². The SMILES string of the molecule is Cc1ccc(N2C(=O)/C(=C\c3ccc(-c4ccccc4C#N)o3)SC2=S)cc1C. The van der Waals surface area contributed by atoms with Crippen molar-refractivity contribution in [1.82, 2.24) is 0 Å². The molecule has 1 aliphatic rings. The number of aryl methyl sites for hydroxylation is 2. The molecule has 142 valence electrons. The van der Waals surface area contributed by atoms with Gasteiger partial charge in [0.25, 0.3) is 5.91 Å². The summed E-state index contributed by atoms with van der Waals surface area (Å²) in [6.07, 6.45) is 1.69. The lowest BCUT2D eigenvalue weighted by atomic mass is 10.1. The number of thioether (sulfide) groups is 1. The largest absolute Gasteiger partial charge is 0.457 e. The van der Waals surface area contributed by atoms with Crippen LogP contribution >= 0.6 is 24.0 Å². The van der Waals surface area contributed by atoms with Crippen LogP contribution in [0.25, 0.3) is 17.4 Å². The van der Waals surface area contributed by atoms with E-state index in [0.29, 0.717) is 26.3 Å². The van der Waals surface area contributed by atoms with Crippen molar-refractivity contribution in [3.05, 3.63) is 82.0 Å². The van der Waals surface area contributed by atoms with Gasteiger partial charge in [-0.05, 0) is 61.4 Å². The van der Waals surface area contributed by atoms with Gasteiger partial charge in [0.15, 0.2) is 4.32 Å². The summed E-state index contributed by atoms with van der Waals surface area (Å²) in [6.45, 7) is 4.04. The van der Waals surface area contributed by atoms with E-state index in [1.165, 1.54) is 11.8 Å². The van der Waals surface area contributed by atoms with Crippen LogP contribution in [0.15, 0.2) is 63.9 Å². The Bertz CT molecular complexity index is 1220.